The van der Waals surface area contributed by atoms with E-state index >= 15 is 0 Å². The topological polar surface area (TPSA) is 92.8 Å². The first-order valence-electron chi connectivity index (χ1n) is 6.77. The highest BCUT2D eigenvalue weighted by Gasteiger charge is 2.22. The number of esters is 1. The molecule has 7 nitrogen and oxygen atoms in total. The van der Waals surface area contributed by atoms with Gasteiger partial charge in [-0.15, -0.1) is 11.3 Å². The first-order valence-corrected chi connectivity index (χ1v) is 9.09. The third kappa shape index (κ3) is 3.64. The fraction of sp³-hybridized carbons (Fsp3) is 0.200. The average Bonchev–Trinajstić information content (AvgIpc) is 3.05. The van der Waals surface area contributed by atoms with Crippen LogP contribution in [0.15, 0.2) is 40.6 Å². The molecule has 0 unspecified atom stereocenters. The Hall–Kier alpha value is -2.23. The first kappa shape index (κ1) is 18.1. The smallest absolute Gasteiger partial charge is 0.339 e. The van der Waals surface area contributed by atoms with Crippen LogP contribution in [0.4, 0.5) is 5.69 Å². The number of hydrogen-bond donors (Lipinski definition) is 1. The number of hydrogen-bond acceptors (Lipinski definition) is 6. The van der Waals surface area contributed by atoms with E-state index in [9.17, 15) is 18.0 Å². The van der Waals surface area contributed by atoms with Crippen molar-refractivity contribution in [2.75, 3.05) is 26.5 Å². The molecule has 24 heavy (non-hydrogen) atoms. The fourth-order valence-corrected chi connectivity index (χ4v) is 3.91. The summed E-state index contributed by atoms with van der Waals surface area (Å²) in [6, 6.07) is 7.70. The first-order chi connectivity index (χ1) is 11.3. The highest BCUT2D eigenvalue weighted by atomic mass is 32.2. The van der Waals surface area contributed by atoms with Crippen molar-refractivity contribution in [3.8, 4) is 0 Å². The molecule has 0 saturated heterocycles. The van der Waals surface area contributed by atoms with Crippen molar-refractivity contribution in [1.82, 2.24) is 4.31 Å². The minimum absolute atomic E-state index is 0.0453. The quantitative estimate of drug-likeness (QED) is 0.815. The minimum Gasteiger partial charge on any atom is -0.465 e. The maximum Gasteiger partial charge on any atom is 0.339 e. The Morgan fingerprint density at radius 3 is 2.50 bits per heavy atom. The lowest BCUT2D eigenvalue weighted by atomic mass is 10.2. The van der Waals surface area contributed by atoms with E-state index in [1.54, 1.807) is 18.2 Å². The monoisotopic (exact) mass is 368 g/mol. The van der Waals surface area contributed by atoms with E-state index < -0.39 is 21.9 Å². The summed E-state index contributed by atoms with van der Waals surface area (Å²) in [6.07, 6.45) is 0. The summed E-state index contributed by atoms with van der Waals surface area (Å²) in [4.78, 5) is 24.3. The Bertz CT molecular complexity index is 871. The Morgan fingerprint density at radius 1 is 1.21 bits per heavy atom. The zero-order chi connectivity index (χ0) is 17.9. The van der Waals surface area contributed by atoms with E-state index in [1.807, 2.05) is 0 Å². The van der Waals surface area contributed by atoms with Gasteiger partial charge in [0.05, 0.1) is 28.1 Å². The predicted molar refractivity (Wildman–Crippen MR) is 90.9 cm³/mol. The van der Waals surface area contributed by atoms with Gasteiger partial charge >= 0.3 is 5.97 Å². The van der Waals surface area contributed by atoms with Crippen molar-refractivity contribution in [2.45, 2.75) is 4.90 Å². The molecule has 1 N–H and O–H groups in total. The molecule has 1 amide bonds. The molecule has 1 aromatic heterocycles. The van der Waals surface area contributed by atoms with E-state index in [1.165, 1.54) is 38.7 Å². The number of thiophene rings is 1. The number of methoxy groups -OCH3 is 1. The zero-order valence-electron chi connectivity index (χ0n) is 13.3. The van der Waals surface area contributed by atoms with Crippen molar-refractivity contribution >= 4 is 38.9 Å². The highest BCUT2D eigenvalue weighted by molar-refractivity contribution is 7.89. The second-order valence-electron chi connectivity index (χ2n) is 4.93. The van der Waals surface area contributed by atoms with Crippen molar-refractivity contribution in [1.29, 1.82) is 0 Å². The van der Waals surface area contributed by atoms with Crippen LogP contribution in [0.1, 0.15) is 20.0 Å². The van der Waals surface area contributed by atoms with Crippen LogP contribution in [-0.2, 0) is 14.8 Å². The lowest BCUT2D eigenvalue weighted by Gasteiger charge is -2.09. The standard InChI is InChI=1S/C15H16N2O5S2/c1-17(2)24(20,21)10-8-13(23-9-10)14(18)16-12-7-5-4-6-11(12)15(19)22-3/h4-9H,1-3H3,(H,16,18). The fourth-order valence-electron chi connectivity index (χ4n) is 1.85. The highest BCUT2D eigenvalue weighted by Crippen LogP contribution is 2.23. The summed E-state index contributed by atoms with van der Waals surface area (Å²) in [5, 5.41) is 4.00. The molecule has 1 aromatic carbocycles. The Morgan fingerprint density at radius 2 is 1.88 bits per heavy atom. The van der Waals surface area contributed by atoms with Gasteiger partial charge in [0.25, 0.3) is 5.91 Å². The van der Waals surface area contributed by atoms with Gasteiger partial charge in [-0.3, -0.25) is 4.79 Å². The molecule has 128 valence electrons. The number of rotatable bonds is 5. The minimum atomic E-state index is -3.60. The lowest BCUT2D eigenvalue weighted by Crippen LogP contribution is -2.21. The second-order valence-corrected chi connectivity index (χ2v) is 7.99. The van der Waals surface area contributed by atoms with Crippen LogP contribution in [0.5, 0.6) is 0 Å². The number of ether oxygens (including phenoxy) is 1. The zero-order valence-corrected chi connectivity index (χ0v) is 14.9. The number of amides is 1. The molecule has 0 spiro atoms. The van der Waals surface area contributed by atoms with E-state index in [0.717, 1.165) is 15.6 Å². The van der Waals surface area contributed by atoms with Gasteiger partial charge in [-0.1, -0.05) is 12.1 Å². The molecule has 0 radical (unpaired) electrons. The molecule has 0 aliphatic heterocycles. The third-order valence-electron chi connectivity index (χ3n) is 3.16. The van der Waals surface area contributed by atoms with Gasteiger partial charge in [0.2, 0.25) is 10.0 Å². The molecule has 0 fully saturated rings. The number of nitrogens with one attached hydrogen (secondary N) is 1. The van der Waals surface area contributed by atoms with Gasteiger partial charge < -0.3 is 10.1 Å². The van der Waals surface area contributed by atoms with Gasteiger partial charge in [0.15, 0.2) is 0 Å². The van der Waals surface area contributed by atoms with E-state index in [-0.39, 0.29) is 15.3 Å². The maximum atomic E-state index is 12.3. The normalized spacial score (nSPS) is 11.3. The number of nitrogens with zero attached hydrogens (tertiary/aromatic N) is 1. The summed E-state index contributed by atoms with van der Waals surface area (Å²) in [5.41, 5.74) is 0.505. The Kier molecular flexibility index (Phi) is 5.37. The molecule has 0 atom stereocenters. The maximum absolute atomic E-state index is 12.3. The summed E-state index contributed by atoms with van der Waals surface area (Å²) in [7, 11) is 0.482. The molecule has 0 saturated carbocycles. The van der Waals surface area contributed by atoms with Crippen LogP contribution in [-0.4, -0.2) is 45.8 Å². The summed E-state index contributed by atoms with van der Waals surface area (Å²) in [6.45, 7) is 0. The number of para-hydroxylation sites is 1. The molecule has 0 bridgehead atoms. The van der Waals surface area contributed by atoms with Crippen molar-refractivity contribution in [3.63, 3.8) is 0 Å². The third-order valence-corrected chi connectivity index (χ3v) is 6.03. The van der Waals surface area contributed by atoms with Crippen molar-refractivity contribution in [2.24, 2.45) is 0 Å². The van der Waals surface area contributed by atoms with Crippen LogP contribution in [0.3, 0.4) is 0 Å². The summed E-state index contributed by atoms with van der Waals surface area (Å²) in [5.74, 6) is -1.08. The number of carbonyl (C=O) groups excluding carboxylic acids is 2. The van der Waals surface area contributed by atoms with Gasteiger partial charge in [-0.2, -0.15) is 0 Å². The van der Waals surface area contributed by atoms with Gasteiger partial charge in [0, 0.05) is 19.5 Å². The number of carbonyl (C=O) groups is 2. The van der Waals surface area contributed by atoms with E-state index in [2.05, 4.69) is 10.1 Å². The molecule has 1 heterocycles. The Balaban J connectivity index is 2.27. The van der Waals surface area contributed by atoms with Crippen LogP contribution in [0, 0.1) is 0 Å². The van der Waals surface area contributed by atoms with Crippen LogP contribution in [0.25, 0.3) is 0 Å². The van der Waals surface area contributed by atoms with Crippen molar-refractivity contribution < 1.29 is 22.7 Å². The molecule has 2 aromatic rings. The molecule has 9 heteroatoms. The molecule has 0 aliphatic carbocycles. The summed E-state index contributed by atoms with van der Waals surface area (Å²) < 4.78 is 29.8. The van der Waals surface area contributed by atoms with Crippen LogP contribution < -0.4 is 5.32 Å². The number of benzene rings is 1. The molecule has 0 aliphatic rings. The van der Waals surface area contributed by atoms with Crippen molar-refractivity contribution in [3.05, 3.63) is 46.2 Å². The van der Waals surface area contributed by atoms with E-state index in [0.29, 0.717) is 5.69 Å². The van der Waals surface area contributed by atoms with E-state index in [4.69, 9.17) is 0 Å². The van der Waals surface area contributed by atoms with Crippen LogP contribution >= 0.6 is 11.3 Å². The lowest BCUT2D eigenvalue weighted by molar-refractivity contribution is 0.0602. The second kappa shape index (κ2) is 7.12. The van der Waals surface area contributed by atoms with Crippen LogP contribution in [0.2, 0.25) is 0 Å². The average molecular weight is 368 g/mol. The SMILES string of the molecule is COC(=O)c1ccccc1NC(=O)c1cc(S(=O)(=O)N(C)C)cs1. The molecular weight excluding hydrogens is 352 g/mol. The summed E-state index contributed by atoms with van der Waals surface area (Å²) >= 11 is 1.01. The number of anilines is 1. The molecule has 2 rings (SSSR count). The van der Waals surface area contributed by atoms with Gasteiger partial charge in [-0.05, 0) is 18.2 Å². The van der Waals surface area contributed by atoms with Gasteiger partial charge in [-0.25, -0.2) is 17.5 Å². The van der Waals surface area contributed by atoms with Gasteiger partial charge in [0.1, 0.15) is 0 Å². The Labute approximate surface area is 143 Å². The predicted octanol–water partition coefficient (Wildman–Crippen LogP) is 2.04. The number of sulfonamides is 1. The molecular formula is C15H16N2O5S2. The largest absolute Gasteiger partial charge is 0.465 e.